The molecular formula is C8H15N3. The summed E-state index contributed by atoms with van der Waals surface area (Å²) in [6, 6.07) is 0.713. The second-order valence-electron chi connectivity index (χ2n) is 3.07. The summed E-state index contributed by atoms with van der Waals surface area (Å²) in [5, 5.41) is 0. The molecule has 0 radical (unpaired) electrons. The molecule has 3 nitrogen and oxygen atoms in total. The fourth-order valence-corrected chi connectivity index (χ4v) is 1.19. The zero-order valence-corrected chi connectivity index (χ0v) is 7.07. The van der Waals surface area contributed by atoms with Crippen molar-refractivity contribution in [2.75, 3.05) is 0 Å². The Hall–Kier alpha value is -0.830. The molecule has 0 aliphatic carbocycles. The Kier molecular flexibility index (Phi) is 2.65. The van der Waals surface area contributed by atoms with Gasteiger partial charge in [-0.15, -0.1) is 0 Å². The van der Waals surface area contributed by atoms with Gasteiger partial charge in [0, 0.05) is 24.5 Å². The Bertz CT molecular complexity index is 191. The van der Waals surface area contributed by atoms with Crippen LogP contribution in [0.4, 0.5) is 0 Å². The summed E-state index contributed by atoms with van der Waals surface area (Å²) < 4.78 is 2.07. The molecule has 0 spiro atoms. The number of rotatable bonds is 3. The minimum absolute atomic E-state index is 0.257. The first kappa shape index (κ1) is 8.27. The first-order chi connectivity index (χ1) is 5.20. The highest BCUT2D eigenvalue weighted by Crippen LogP contribution is 2.10. The second-order valence-corrected chi connectivity index (χ2v) is 3.07. The molecule has 0 fully saturated rings. The van der Waals surface area contributed by atoms with Crippen molar-refractivity contribution in [2.24, 2.45) is 5.73 Å². The van der Waals surface area contributed by atoms with Crippen LogP contribution in [-0.2, 0) is 0 Å². The first-order valence-corrected chi connectivity index (χ1v) is 3.93. The van der Waals surface area contributed by atoms with E-state index in [1.807, 2.05) is 19.4 Å². The van der Waals surface area contributed by atoms with Gasteiger partial charge in [0.1, 0.15) is 0 Å². The highest BCUT2D eigenvalue weighted by atomic mass is 15.0. The maximum Gasteiger partial charge on any atom is 0.0948 e. The van der Waals surface area contributed by atoms with Crippen molar-refractivity contribution in [3.63, 3.8) is 0 Å². The topological polar surface area (TPSA) is 43.8 Å². The van der Waals surface area contributed by atoms with Gasteiger partial charge in [-0.1, -0.05) is 0 Å². The molecule has 1 heterocycles. The van der Waals surface area contributed by atoms with E-state index in [4.69, 9.17) is 5.73 Å². The highest BCUT2D eigenvalue weighted by Gasteiger charge is 2.05. The zero-order chi connectivity index (χ0) is 8.27. The van der Waals surface area contributed by atoms with E-state index in [0.29, 0.717) is 6.04 Å². The first-order valence-electron chi connectivity index (χ1n) is 3.93. The predicted octanol–water partition coefficient (Wildman–Crippen LogP) is 1.18. The molecule has 11 heavy (non-hydrogen) atoms. The van der Waals surface area contributed by atoms with Crippen LogP contribution in [0, 0.1) is 0 Å². The minimum atomic E-state index is 0.257. The summed E-state index contributed by atoms with van der Waals surface area (Å²) in [5.41, 5.74) is 5.67. The Balaban J connectivity index is 2.49. The number of hydrogen-bond acceptors (Lipinski definition) is 2. The smallest absolute Gasteiger partial charge is 0.0948 e. The second kappa shape index (κ2) is 3.53. The van der Waals surface area contributed by atoms with Crippen LogP contribution in [0.15, 0.2) is 18.7 Å². The molecule has 0 saturated carbocycles. The normalized spacial score (nSPS) is 16.3. The maximum atomic E-state index is 5.67. The Morgan fingerprint density at radius 2 is 2.27 bits per heavy atom. The lowest BCUT2D eigenvalue weighted by Gasteiger charge is -2.14. The molecule has 2 atom stereocenters. The van der Waals surface area contributed by atoms with E-state index in [0.717, 1.165) is 6.42 Å². The van der Waals surface area contributed by atoms with E-state index in [1.54, 1.807) is 6.20 Å². The Morgan fingerprint density at radius 3 is 2.73 bits per heavy atom. The van der Waals surface area contributed by atoms with E-state index < -0.39 is 0 Å². The summed E-state index contributed by atoms with van der Waals surface area (Å²) in [5.74, 6) is 0. The molecule has 0 aliphatic rings. The molecule has 0 aromatic carbocycles. The molecular weight excluding hydrogens is 138 g/mol. The van der Waals surface area contributed by atoms with Crippen LogP contribution >= 0.6 is 0 Å². The van der Waals surface area contributed by atoms with Crippen molar-refractivity contribution in [3.05, 3.63) is 18.7 Å². The van der Waals surface area contributed by atoms with E-state index in [9.17, 15) is 0 Å². The van der Waals surface area contributed by atoms with E-state index in [-0.39, 0.29) is 6.04 Å². The number of aromatic nitrogens is 2. The molecule has 0 amide bonds. The Labute approximate surface area is 67.2 Å². The molecule has 1 aromatic heterocycles. The van der Waals surface area contributed by atoms with Gasteiger partial charge in [0.2, 0.25) is 0 Å². The van der Waals surface area contributed by atoms with Gasteiger partial charge in [-0.2, -0.15) is 0 Å². The average Bonchev–Trinajstić information content (AvgIpc) is 2.35. The molecule has 3 heteroatoms. The average molecular weight is 153 g/mol. The fraction of sp³-hybridized carbons (Fsp3) is 0.625. The molecule has 0 saturated heterocycles. The standard InChI is InChI=1S/C8H15N3/c1-7(9)5-8(2)11-4-3-10-6-11/h3-4,6-8H,5,9H2,1-2H3. The minimum Gasteiger partial charge on any atom is -0.335 e. The number of nitrogens with zero attached hydrogens (tertiary/aromatic N) is 2. The quantitative estimate of drug-likeness (QED) is 0.708. The lowest BCUT2D eigenvalue weighted by molar-refractivity contribution is 0.465. The van der Waals surface area contributed by atoms with Gasteiger partial charge < -0.3 is 10.3 Å². The van der Waals surface area contributed by atoms with Gasteiger partial charge in [0.25, 0.3) is 0 Å². The van der Waals surface area contributed by atoms with Crippen molar-refractivity contribution in [1.29, 1.82) is 0 Å². The van der Waals surface area contributed by atoms with Crippen LogP contribution < -0.4 is 5.73 Å². The van der Waals surface area contributed by atoms with Crippen molar-refractivity contribution in [3.8, 4) is 0 Å². The van der Waals surface area contributed by atoms with Gasteiger partial charge >= 0.3 is 0 Å². The van der Waals surface area contributed by atoms with Crippen molar-refractivity contribution >= 4 is 0 Å². The van der Waals surface area contributed by atoms with Crippen molar-refractivity contribution in [2.45, 2.75) is 32.4 Å². The zero-order valence-electron chi connectivity index (χ0n) is 7.07. The van der Waals surface area contributed by atoms with E-state index >= 15 is 0 Å². The van der Waals surface area contributed by atoms with Gasteiger partial charge in [0.05, 0.1) is 6.33 Å². The van der Waals surface area contributed by atoms with Crippen LogP contribution in [0.1, 0.15) is 26.3 Å². The summed E-state index contributed by atoms with van der Waals surface area (Å²) in [4.78, 5) is 3.97. The highest BCUT2D eigenvalue weighted by molar-refractivity contribution is 4.79. The van der Waals surface area contributed by atoms with Crippen LogP contribution in [0.5, 0.6) is 0 Å². The summed E-state index contributed by atoms with van der Waals surface area (Å²) in [7, 11) is 0. The summed E-state index contributed by atoms with van der Waals surface area (Å²) in [6.07, 6.45) is 6.58. The largest absolute Gasteiger partial charge is 0.335 e. The number of imidazole rings is 1. The van der Waals surface area contributed by atoms with Crippen molar-refractivity contribution in [1.82, 2.24) is 9.55 Å². The van der Waals surface area contributed by atoms with Gasteiger partial charge in [-0.25, -0.2) is 4.98 Å². The molecule has 1 rings (SSSR count). The molecule has 62 valence electrons. The third-order valence-electron chi connectivity index (χ3n) is 1.75. The summed E-state index contributed by atoms with van der Waals surface area (Å²) >= 11 is 0. The molecule has 2 N–H and O–H groups in total. The molecule has 0 bridgehead atoms. The van der Waals surface area contributed by atoms with Gasteiger partial charge in [-0.3, -0.25) is 0 Å². The predicted molar refractivity (Wildman–Crippen MR) is 45.2 cm³/mol. The van der Waals surface area contributed by atoms with Crippen molar-refractivity contribution < 1.29 is 0 Å². The van der Waals surface area contributed by atoms with E-state index in [1.165, 1.54) is 0 Å². The van der Waals surface area contributed by atoms with Crippen LogP contribution in [0.3, 0.4) is 0 Å². The summed E-state index contributed by atoms with van der Waals surface area (Å²) in [6.45, 7) is 4.17. The lowest BCUT2D eigenvalue weighted by atomic mass is 10.1. The SMILES string of the molecule is CC(N)CC(C)n1ccnc1. The molecule has 0 aliphatic heterocycles. The monoisotopic (exact) mass is 153 g/mol. The Morgan fingerprint density at radius 1 is 1.55 bits per heavy atom. The lowest BCUT2D eigenvalue weighted by Crippen LogP contribution is -2.19. The molecule has 1 aromatic rings. The van der Waals surface area contributed by atoms with Crippen LogP contribution in [0.25, 0.3) is 0 Å². The molecule has 2 unspecified atom stereocenters. The fourth-order valence-electron chi connectivity index (χ4n) is 1.19. The van der Waals surface area contributed by atoms with E-state index in [2.05, 4.69) is 16.5 Å². The van der Waals surface area contributed by atoms with Crippen LogP contribution in [0.2, 0.25) is 0 Å². The van der Waals surface area contributed by atoms with Gasteiger partial charge in [0.15, 0.2) is 0 Å². The third kappa shape index (κ3) is 2.35. The maximum absolute atomic E-state index is 5.67. The number of nitrogens with two attached hydrogens (primary N) is 1. The number of hydrogen-bond donors (Lipinski definition) is 1. The van der Waals surface area contributed by atoms with Gasteiger partial charge in [-0.05, 0) is 20.3 Å². The third-order valence-corrected chi connectivity index (χ3v) is 1.75. The van der Waals surface area contributed by atoms with Crippen LogP contribution in [-0.4, -0.2) is 15.6 Å².